The van der Waals surface area contributed by atoms with Crippen LogP contribution in [0.5, 0.6) is 0 Å². The van der Waals surface area contributed by atoms with Crippen LogP contribution in [0.1, 0.15) is 39.7 Å². The van der Waals surface area contributed by atoms with Crippen molar-refractivity contribution in [3.05, 3.63) is 35.9 Å². The Bertz CT molecular complexity index is 463. The van der Waals surface area contributed by atoms with Crippen molar-refractivity contribution in [2.24, 2.45) is 0 Å². The SMILES string of the molecule is CC(=O)[C@H](CCO[Si](C)(C)C(C)(C)C)OCc1ccccc1. The lowest BCUT2D eigenvalue weighted by atomic mass is 10.2. The topological polar surface area (TPSA) is 35.5 Å². The summed E-state index contributed by atoms with van der Waals surface area (Å²) in [5.74, 6) is 0.0646. The maximum atomic E-state index is 11.7. The van der Waals surface area contributed by atoms with Crippen molar-refractivity contribution in [1.82, 2.24) is 0 Å². The van der Waals surface area contributed by atoms with E-state index in [1.54, 1.807) is 6.92 Å². The molecule has 4 heteroatoms. The smallest absolute Gasteiger partial charge is 0.191 e. The molecule has 1 aromatic rings. The van der Waals surface area contributed by atoms with Gasteiger partial charge in [-0.2, -0.15) is 0 Å². The average Bonchev–Trinajstić information content (AvgIpc) is 2.42. The lowest BCUT2D eigenvalue weighted by Gasteiger charge is -2.36. The van der Waals surface area contributed by atoms with Crippen LogP contribution in [-0.2, 0) is 20.6 Å². The van der Waals surface area contributed by atoms with Crippen molar-refractivity contribution in [3.8, 4) is 0 Å². The zero-order chi connectivity index (χ0) is 16.8. The van der Waals surface area contributed by atoms with Gasteiger partial charge in [-0.1, -0.05) is 51.1 Å². The third-order valence-corrected chi connectivity index (χ3v) is 8.93. The van der Waals surface area contributed by atoms with Crippen LogP contribution in [0.25, 0.3) is 0 Å². The molecule has 1 atom stereocenters. The van der Waals surface area contributed by atoms with Gasteiger partial charge in [0.25, 0.3) is 0 Å². The molecule has 0 unspecified atom stereocenters. The van der Waals surface area contributed by atoms with Gasteiger partial charge in [0.1, 0.15) is 6.10 Å². The molecule has 0 radical (unpaired) electrons. The summed E-state index contributed by atoms with van der Waals surface area (Å²) in [6.45, 7) is 13.7. The first-order valence-corrected chi connectivity index (χ1v) is 10.8. The number of rotatable bonds is 8. The van der Waals surface area contributed by atoms with Gasteiger partial charge in [0.2, 0.25) is 0 Å². The molecule has 0 aromatic heterocycles. The summed E-state index contributed by atoms with van der Waals surface area (Å²) in [5.41, 5.74) is 1.08. The van der Waals surface area contributed by atoms with Gasteiger partial charge in [-0.25, -0.2) is 0 Å². The molecule has 1 aromatic carbocycles. The van der Waals surface area contributed by atoms with E-state index < -0.39 is 8.32 Å². The molecule has 0 saturated heterocycles. The van der Waals surface area contributed by atoms with Crippen LogP contribution in [-0.4, -0.2) is 26.8 Å². The highest BCUT2D eigenvalue weighted by Gasteiger charge is 2.37. The van der Waals surface area contributed by atoms with Crippen LogP contribution in [0.3, 0.4) is 0 Å². The highest BCUT2D eigenvalue weighted by atomic mass is 28.4. The monoisotopic (exact) mass is 322 g/mol. The van der Waals surface area contributed by atoms with Gasteiger partial charge < -0.3 is 9.16 Å². The average molecular weight is 323 g/mol. The summed E-state index contributed by atoms with van der Waals surface area (Å²) < 4.78 is 11.9. The summed E-state index contributed by atoms with van der Waals surface area (Å²) in [7, 11) is -1.76. The molecule has 0 spiro atoms. The molecule has 0 bridgehead atoms. The van der Waals surface area contributed by atoms with E-state index in [1.807, 2.05) is 30.3 Å². The second-order valence-corrected chi connectivity index (χ2v) is 12.1. The molecule has 0 fully saturated rings. The number of carbonyl (C=O) groups excluding carboxylic acids is 1. The van der Waals surface area contributed by atoms with Crippen LogP contribution in [0, 0.1) is 0 Å². The Hall–Kier alpha value is -0.973. The lowest BCUT2D eigenvalue weighted by molar-refractivity contribution is -0.130. The Kier molecular flexibility index (Phi) is 6.97. The van der Waals surface area contributed by atoms with Crippen LogP contribution in [0.4, 0.5) is 0 Å². The van der Waals surface area contributed by atoms with Gasteiger partial charge in [-0.05, 0) is 30.6 Å². The van der Waals surface area contributed by atoms with E-state index in [1.165, 1.54) is 0 Å². The summed E-state index contributed by atoms with van der Waals surface area (Å²) >= 11 is 0. The van der Waals surface area contributed by atoms with E-state index in [4.69, 9.17) is 9.16 Å². The summed E-state index contributed by atoms with van der Waals surface area (Å²) in [6, 6.07) is 9.93. The van der Waals surface area contributed by atoms with E-state index in [0.29, 0.717) is 19.6 Å². The van der Waals surface area contributed by atoms with Gasteiger partial charge in [0, 0.05) is 13.0 Å². The minimum atomic E-state index is -1.76. The predicted molar refractivity (Wildman–Crippen MR) is 93.5 cm³/mol. The normalized spacial score (nSPS) is 13.9. The van der Waals surface area contributed by atoms with E-state index in [9.17, 15) is 4.79 Å². The zero-order valence-electron chi connectivity index (χ0n) is 14.8. The highest BCUT2D eigenvalue weighted by molar-refractivity contribution is 6.74. The molecule has 22 heavy (non-hydrogen) atoms. The molecule has 0 saturated carbocycles. The van der Waals surface area contributed by atoms with E-state index in [2.05, 4.69) is 33.9 Å². The van der Waals surface area contributed by atoms with Gasteiger partial charge in [0.15, 0.2) is 14.1 Å². The standard InChI is InChI=1S/C18H30O3Si/c1-15(19)17(20-14-16-10-8-7-9-11-16)12-13-21-22(5,6)18(2,3)4/h7-11,17H,12-14H2,1-6H3/t17-/m0/s1. The molecule has 1 rings (SSSR count). The molecule has 0 aliphatic rings. The third kappa shape index (κ3) is 6.03. The van der Waals surface area contributed by atoms with Crippen molar-refractivity contribution >= 4 is 14.1 Å². The fourth-order valence-electron chi connectivity index (χ4n) is 1.81. The van der Waals surface area contributed by atoms with Gasteiger partial charge in [-0.3, -0.25) is 4.79 Å². The number of hydrogen-bond acceptors (Lipinski definition) is 3. The van der Waals surface area contributed by atoms with E-state index >= 15 is 0 Å². The van der Waals surface area contributed by atoms with Crippen molar-refractivity contribution < 1.29 is 14.0 Å². The molecule has 124 valence electrons. The molecule has 0 aliphatic heterocycles. The van der Waals surface area contributed by atoms with Gasteiger partial charge in [-0.15, -0.1) is 0 Å². The molecule has 3 nitrogen and oxygen atoms in total. The van der Waals surface area contributed by atoms with Crippen molar-refractivity contribution in [1.29, 1.82) is 0 Å². The van der Waals surface area contributed by atoms with Crippen LogP contribution in [0.2, 0.25) is 18.1 Å². The predicted octanol–water partition coefficient (Wildman–Crippen LogP) is 4.57. The second kappa shape index (κ2) is 8.04. The number of hydrogen-bond donors (Lipinski definition) is 0. The largest absolute Gasteiger partial charge is 0.417 e. The third-order valence-electron chi connectivity index (χ3n) is 4.40. The number of carbonyl (C=O) groups is 1. The van der Waals surface area contributed by atoms with Gasteiger partial charge >= 0.3 is 0 Å². The van der Waals surface area contributed by atoms with Crippen molar-refractivity contribution in [2.75, 3.05) is 6.61 Å². The Labute approximate surface area is 136 Å². The maximum absolute atomic E-state index is 11.7. The molecule has 0 aliphatic carbocycles. The summed E-state index contributed by atoms with van der Waals surface area (Å²) in [4.78, 5) is 11.7. The second-order valence-electron chi connectivity index (χ2n) is 7.29. The Morgan fingerprint density at radius 3 is 2.27 bits per heavy atom. The Morgan fingerprint density at radius 2 is 1.77 bits per heavy atom. The van der Waals surface area contributed by atoms with Crippen LogP contribution in [0.15, 0.2) is 30.3 Å². The first-order chi connectivity index (χ1) is 10.1. The summed E-state index contributed by atoms with van der Waals surface area (Å²) in [5, 5.41) is 0.184. The summed E-state index contributed by atoms with van der Waals surface area (Å²) in [6.07, 6.45) is 0.235. The van der Waals surface area contributed by atoms with Gasteiger partial charge in [0.05, 0.1) is 6.61 Å². The number of benzene rings is 1. The minimum Gasteiger partial charge on any atom is -0.417 e. The number of Topliss-reactive ketones (excluding diaryl/α,β-unsaturated/α-hetero) is 1. The minimum absolute atomic E-state index is 0.0646. The fraction of sp³-hybridized carbons (Fsp3) is 0.611. The fourth-order valence-corrected chi connectivity index (χ4v) is 2.87. The molecule has 0 N–H and O–H groups in total. The van der Waals surface area contributed by atoms with Crippen LogP contribution >= 0.6 is 0 Å². The quantitative estimate of drug-likeness (QED) is 0.658. The zero-order valence-corrected chi connectivity index (χ0v) is 15.8. The molecular weight excluding hydrogens is 292 g/mol. The Balaban J connectivity index is 2.47. The molecule has 0 heterocycles. The molecule has 0 amide bonds. The van der Waals surface area contributed by atoms with Crippen molar-refractivity contribution in [3.63, 3.8) is 0 Å². The lowest BCUT2D eigenvalue weighted by Crippen LogP contribution is -2.41. The van der Waals surface area contributed by atoms with E-state index in [0.717, 1.165) is 5.56 Å². The Morgan fingerprint density at radius 1 is 1.18 bits per heavy atom. The highest BCUT2D eigenvalue weighted by Crippen LogP contribution is 2.36. The van der Waals surface area contributed by atoms with E-state index in [-0.39, 0.29) is 16.9 Å². The first kappa shape index (κ1) is 19.1. The molecular formula is C18H30O3Si. The van der Waals surface area contributed by atoms with Crippen LogP contribution < -0.4 is 0 Å². The number of ketones is 1. The maximum Gasteiger partial charge on any atom is 0.191 e. The number of ether oxygens (including phenoxy) is 1. The first-order valence-electron chi connectivity index (χ1n) is 7.93. The van der Waals surface area contributed by atoms with Crippen molar-refractivity contribution in [2.45, 2.75) is 65.0 Å².